The molecule has 0 saturated heterocycles. The molecule has 0 spiro atoms. The van der Waals surface area contributed by atoms with Gasteiger partial charge in [-0.1, -0.05) is 23.5 Å². The number of benzene rings is 1. The number of para-hydroxylation sites is 1. The number of anilines is 3. The maximum absolute atomic E-state index is 12.0. The quantitative estimate of drug-likeness (QED) is 0.320. The summed E-state index contributed by atoms with van der Waals surface area (Å²) in [7, 11) is 8.93. The minimum absolute atomic E-state index is 0.0387. The van der Waals surface area contributed by atoms with Gasteiger partial charge in [0.1, 0.15) is 5.82 Å². The van der Waals surface area contributed by atoms with E-state index in [0.29, 0.717) is 29.6 Å². The molecule has 0 bridgehead atoms. The summed E-state index contributed by atoms with van der Waals surface area (Å²) in [5.74, 6) is 1.13. The first-order valence-electron chi connectivity index (χ1n) is 12.4. The topological polar surface area (TPSA) is 134 Å². The van der Waals surface area contributed by atoms with Crippen molar-refractivity contribution in [1.29, 1.82) is 0 Å². The summed E-state index contributed by atoms with van der Waals surface area (Å²) in [6, 6.07) is 9.09. The van der Waals surface area contributed by atoms with Gasteiger partial charge in [-0.25, -0.2) is 4.98 Å². The van der Waals surface area contributed by atoms with E-state index in [1.807, 2.05) is 39.0 Å². The Balaban J connectivity index is 0.000000219. The number of rotatable bonds is 10. The van der Waals surface area contributed by atoms with Crippen LogP contribution in [0.25, 0.3) is 0 Å². The number of hydrogen-bond donors (Lipinski definition) is 3. The van der Waals surface area contributed by atoms with Crippen molar-refractivity contribution in [2.24, 2.45) is 0 Å². The van der Waals surface area contributed by atoms with Crippen molar-refractivity contribution in [3.63, 3.8) is 0 Å². The number of thiazole rings is 1. The molecule has 210 valence electrons. The molecule has 0 fully saturated rings. The lowest BCUT2D eigenvalue weighted by Gasteiger charge is -2.27. The second-order valence-corrected chi connectivity index (χ2v) is 10.1. The number of likely N-dealkylation sites (N-methyl/N-ethyl adjacent to an activating group) is 1. The Hall–Kier alpha value is -3.97. The summed E-state index contributed by atoms with van der Waals surface area (Å²) >= 11 is 1.68. The SMILES string of the molecule is CC(CN(C)C)NC(=O)c1ccccc1NC=O.CNc1nc2c(s1)CN(c1cc(OC)nc(OC)n1)CC2. The highest BCUT2D eigenvalue weighted by molar-refractivity contribution is 7.15. The predicted molar refractivity (Wildman–Crippen MR) is 153 cm³/mol. The summed E-state index contributed by atoms with van der Waals surface area (Å²) in [6.07, 6.45) is 1.47. The normalized spacial score (nSPS) is 12.9. The number of ether oxygens (including phenoxy) is 2. The molecule has 1 aliphatic heterocycles. The van der Waals surface area contributed by atoms with E-state index in [1.54, 1.807) is 49.8 Å². The number of nitrogens with zero attached hydrogens (tertiary/aromatic N) is 5. The zero-order valence-electron chi connectivity index (χ0n) is 23.1. The summed E-state index contributed by atoms with van der Waals surface area (Å²) < 4.78 is 10.3. The lowest BCUT2D eigenvalue weighted by atomic mass is 10.1. The Labute approximate surface area is 232 Å². The number of carbonyl (C=O) groups is 2. The van der Waals surface area contributed by atoms with Crippen LogP contribution in [0.4, 0.5) is 16.6 Å². The largest absolute Gasteiger partial charge is 0.481 e. The van der Waals surface area contributed by atoms with Crippen molar-refractivity contribution in [2.45, 2.75) is 25.9 Å². The van der Waals surface area contributed by atoms with Crippen LogP contribution in [0.2, 0.25) is 0 Å². The molecule has 39 heavy (non-hydrogen) atoms. The van der Waals surface area contributed by atoms with Crippen LogP contribution in [-0.4, -0.2) is 86.7 Å². The van der Waals surface area contributed by atoms with Crippen LogP contribution >= 0.6 is 11.3 Å². The molecular weight excluding hydrogens is 520 g/mol. The number of nitrogens with one attached hydrogen (secondary N) is 3. The molecule has 13 heteroatoms. The minimum Gasteiger partial charge on any atom is -0.481 e. The van der Waals surface area contributed by atoms with E-state index in [2.05, 4.69) is 35.8 Å². The average Bonchev–Trinajstić information content (AvgIpc) is 3.35. The van der Waals surface area contributed by atoms with Gasteiger partial charge in [0.25, 0.3) is 5.91 Å². The molecule has 2 amide bonds. The molecule has 3 heterocycles. The van der Waals surface area contributed by atoms with Crippen LogP contribution in [0.5, 0.6) is 11.9 Å². The van der Waals surface area contributed by atoms with Crippen molar-refractivity contribution >= 4 is 40.3 Å². The van der Waals surface area contributed by atoms with Crippen LogP contribution in [0, 0.1) is 0 Å². The van der Waals surface area contributed by atoms with E-state index < -0.39 is 0 Å². The van der Waals surface area contributed by atoms with Crippen LogP contribution in [-0.2, 0) is 17.8 Å². The first-order valence-corrected chi connectivity index (χ1v) is 13.2. The molecular formula is C26H36N8O4S. The number of methoxy groups -OCH3 is 2. The van der Waals surface area contributed by atoms with E-state index in [-0.39, 0.29) is 11.9 Å². The van der Waals surface area contributed by atoms with Gasteiger partial charge in [-0.2, -0.15) is 9.97 Å². The lowest BCUT2D eigenvalue weighted by molar-refractivity contribution is -0.105. The third-order valence-corrected chi connectivity index (χ3v) is 6.83. The summed E-state index contributed by atoms with van der Waals surface area (Å²) in [6.45, 7) is 4.35. The minimum atomic E-state index is -0.186. The maximum atomic E-state index is 12.0. The summed E-state index contributed by atoms with van der Waals surface area (Å²) in [5, 5.41) is 9.47. The lowest BCUT2D eigenvalue weighted by Crippen LogP contribution is -2.39. The Bertz CT molecular complexity index is 1230. The standard InChI is InChI=1S/C13H17N5O2S.C13H19N3O2/c1-14-13-15-8-4-5-18(7-9(8)21-13)10-6-11(19-2)17-12(16-10)20-3;1-10(8-16(2)3)15-13(18)11-6-4-5-7-12(11)14-9-17/h6H,4-5,7H2,1-3H3,(H,14,15);4-7,9-10H,8H2,1-3H3,(H,14,17)(H,15,18). The zero-order valence-corrected chi connectivity index (χ0v) is 24.0. The van der Waals surface area contributed by atoms with Gasteiger partial charge in [0.15, 0.2) is 5.13 Å². The highest BCUT2D eigenvalue weighted by Crippen LogP contribution is 2.31. The molecule has 4 rings (SSSR count). The van der Waals surface area contributed by atoms with Crippen LogP contribution in [0.15, 0.2) is 30.3 Å². The van der Waals surface area contributed by atoms with Gasteiger partial charge in [0.05, 0.1) is 37.7 Å². The monoisotopic (exact) mass is 556 g/mol. The number of carbonyl (C=O) groups excluding carboxylic acids is 2. The summed E-state index contributed by atoms with van der Waals surface area (Å²) in [4.78, 5) is 41.1. The molecule has 3 aromatic rings. The van der Waals surface area contributed by atoms with Crippen LogP contribution in [0.1, 0.15) is 27.9 Å². The van der Waals surface area contributed by atoms with Gasteiger partial charge >= 0.3 is 6.01 Å². The number of hydrogen-bond acceptors (Lipinski definition) is 11. The fourth-order valence-corrected chi connectivity index (χ4v) is 4.99. The molecule has 1 atom stereocenters. The molecule has 0 aliphatic carbocycles. The second kappa shape index (κ2) is 14.3. The molecule has 0 saturated carbocycles. The van der Waals surface area contributed by atoms with Crippen LogP contribution in [0.3, 0.4) is 0 Å². The number of amides is 2. The zero-order chi connectivity index (χ0) is 28.4. The van der Waals surface area contributed by atoms with Gasteiger partial charge < -0.3 is 35.2 Å². The molecule has 12 nitrogen and oxygen atoms in total. The van der Waals surface area contributed by atoms with Gasteiger partial charge in [-0.15, -0.1) is 0 Å². The molecule has 1 aliphatic rings. The Morgan fingerprint density at radius 1 is 1.21 bits per heavy atom. The predicted octanol–water partition coefficient (Wildman–Crippen LogP) is 2.49. The van der Waals surface area contributed by atoms with Crippen molar-refractivity contribution in [3.8, 4) is 11.9 Å². The Morgan fingerprint density at radius 3 is 2.64 bits per heavy atom. The Morgan fingerprint density at radius 2 is 1.97 bits per heavy atom. The molecule has 1 aromatic carbocycles. The van der Waals surface area contributed by atoms with E-state index in [9.17, 15) is 9.59 Å². The highest BCUT2D eigenvalue weighted by Gasteiger charge is 2.23. The maximum Gasteiger partial charge on any atom is 0.321 e. The first-order chi connectivity index (χ1) is 18.8. The first kappa shape index (κ1) is 29.6. The summed E-state index contributed by atoms with van der Waals surface area (Å²) in [5.41, 5.74) is 2.16. The fourth-order valence-electron chi connectivity index (χ4n) is 4.01. The second-order valence-electron chi connectivity index (χ2n) is 9.01. The molecule has 2 aromatic heterocycles. The van der Waals surface area contributed by atoms with E-state index >= 15 is 0 Å². The smallest absolute Gasteiger partial charge is 0.321 e. The Kier molecular flexibility index (Phi) is 10.8. The van der Waals surface area contributed by atoms with Gasteiger partial charge in [-0.3, -0.25) is 9.59 Å². The van der Waals surface area contributed by atoms with Crippen molar-refractivity contribution in [2.75, 3.05) is 64.0 Å². The number of aromatic nitrogens is 3. The van der Waals surface area contributed by atoms with Gasteiger partial charge in [-0.05, 0) is 33.2 Å². The van der Waals surface area contributed by atoms with Crippen LogP contribution < -0.4 is 30.3 Å². The average molecular weight is 557 g/mol. The molecule has 1 unspecified atom stereocenters. The third kappa shape index (κ3) is 8.26. The van der Waals surface area contributed by atoms with E-state index in [0.717, 1.165) is 37.0 Å². The van der Waals surface area contributed by atoms with E-state index in [4.69, 9.17) is 9.47 Å². The highest BCUT2D eigenvalue weighted by atomic mass is 32.1. The fraction of sp³-hybridized carbons (Fsp3) is 0.423. The third-order valence-electron chi connectivity index (χ3n) is 5.73. The van der Waals surface area contributed by atoms with Gasteiger partial charge in [0.2, 0.25) is 12.3 Å². The van der Waals surface area contributed by atoms with Gasteiger partial charge in [0, 0.05) is 43.5 Å². The van der Waals surface area contributed by atoms with Crippen molar-refractivity contribution in [3.05, 3.63) is 46.5 Å². The van der Waals surface area contributed by atoms with Crippen molar-refractivity contribution in [1.82, 2.24) is 25.2 Å². The van der Waals surface area contributed by atoms with Crippen molar-refractivity contribution < 1.29 is 19.1 Å². The number of fused-ring (bicyclic) bond motifs is 1. The molecule has 0 radical (unpaired) electrons. The molecule has 3 N–H and O–H groups in total. The van der Waals surface area contributed by atoms with E-state index in [1.165, 1.54) is 10.6 Å².